The average Bonchev–Trinajstić information content (AvgIpc) is 4.06. The fraction of sp³-hybridized carbons (Fsp3) is 0.615. The number of nitrogens with zero attached hydrogens (tertiary/aromatic N) is 3. The van der Waals surface area contributed by atoms with Gasteiger partial charge in [0.05, 0.1) is 41.6 Å². The van der Waals surface area contributed by atoms with Crippen molar-refractivity contribution < 1.29 is 51.5 Å². The molecule has 8 atom stereocenters. The number of likely N-dealkylation sites (N-methyl/N-ethyl adjacent to an activating group) is 1. The molecule has 5 heterocycles. The van der Waals surface area contributed by atoms with E-state index in [2.05, 4.69) is 66.4 Å². The Bertz CT molecular complexity index is 2570. The van der Waals surface area contributed by atoms with Crippen molar-refractivity contribution in [3.05, 3.63) is 64.7 Å². The summed E-state index contributed by atoms with van der Waals surface area (Å²) >= 11 is 1.59. The molecule has 2 aromatic carbocycles. The zero-order chi connectivity index (χ0) is 54.0. The summed E-state index contributed by atoms with van der Waals surface area (Å²) in [7, 11) is -1.55. The van der Waals surface area contributed by atoms with Gasteiger partial charge in [0.1, 0.15) is 17.3 Å². The van der Waals surface area contributed by atoms with E-state index in [4.69, 9.17) is 4.74 Å². The first-order chi connectivity index (χ1) is 35.8. The number of amides is 8. The van der Waals surface area contributed by atoms with E-state index in [1.807, 2.05) is 20.9 Å². The maximum absolute atomic E-state index is 13.3. The van der Waals surface area contributed by atoms with Crippen LogP contribution in [-0.2, 0) is 38.8 Å². The summed E-state index contributed by atoms with van der Waals surface area (Å²) in [6.07, 6.45) is 7.37. The SMILES string of the molecule is CC1C(C(=O)NCC(=O)NC2NC(c3cccc(C4CCNC(N(C)CC(=O)NCCCCCCCCNC(=O)COc5cccc6c5C(=O)N(C5CCC(=O)NC5=O)C6=O)C4)c3)CS2)CN(S(=O)(=O)C(C)C)C1C. The van der Waals surface area contributed by atoms with Gasteiger partial charge in [0.15, 0.2) is 6.61 Å². The number of sulfonamides is 1. The minimum Gasteiger partial charge on any atom is -0.483 e. The highest BCUT2D eigenvalue weighted by Gasteiger charge is 2.47. The molecule has 4 saturated heterocycles. The third-order valence-corrected chi connectivity index (χ3v) is 18.5. The molecule has 5 aliphatic rings. The lowest BCUT2D eigenvalue weighted by atomic mass is 9.87. The fourth-order valence-corrected chi connectivity index (χ4v) is 13.2. The van der Waals surface area contributed by atoms with Gasteiger partial charge in [-0.15, -0.1) is 11.8 Å². The maximum Gasteiger partial charge on any atom is 0.266 e. The molecule has 0 spiro atoms. The number of thioether (sulfide) groups is 1. The van der Waals surface area contributed by atoms with Gasteiger partial charge < -0.3 is 31.3 Å². The van der Waals surface area contributed by atoms with Crippen LogP contribution in [0.25, 0.3) is 0 Å². The zero-order valence-corrected chi connectivity index (χ0v) is 45.2. The van der Waals surface area contributed by atoms with E-state index < -0.39 is 50.9 Å². The van der Waals surface area contributed by atoms with Crippen molar-refractivity contribution in [2.45, 2.75) is 133 Å². The lowest BCUT2D eigenvalue weighted by Gasteiger charge is -2.36. The van der Waals surface area contributed by atoms with Gasteiger partial charge in [-0.05, 0) is 102 Å². The number of rotatable bonds is 24. The Morgan fingerprint density at radius 2 is 1.56 bits per heavy atom. The van der Waals surface area contributed by atoms with E-state index in [0.717, 1.165) is 74.1 Å². The molecule has 21 nitrogen and oxygen atoms in total. The number of imide groups is 2. The van der Waals surface area contributed by atoms with Gasteiger partial charge in [-0.25, -0.2) is 8.42 Å². The van der Waals surface area contributed by atoms with Crippen LogP contribution in [0, 0.1) is 11.8 Å². The first-order valence-corrected chi connectivity index (χ1v) is 28.9. The second-order valence-electron chi connectivity index (χ2n) is 20.6. The number of piperidine rings is 2. The van der Waals surface area contributed by atoms with Crippen molar-refractivity contribution in [2.24, 2.45) is 11.8 Å². The molecule has 0 bridgehead atoms. The predicted octanol–water partition coefficient (Wildman–Crippen LogP) is 2.05. The Morgan fingerprint density at radius 1 is 0.867 bits per heavy atom. The number of hydrogen-bond donors (Lipinski definition) is 7. The molecule has 0 aliphatic carbocycles. The van der Waals surface area contributed by atoms with Crippen LogP contribution in [0.3, 0.4) is 0 Å². The molecular formula is C52H74N10O11S2. The molecule has 7 N–H and O–H groups in total. The number of unbranched alkanes of at least 4 members (excludes halogenated alkanes) is 5. The summed E-state index contributed by atoms with van der Waals surface area (Å²) in [6.45, 7) is 8.64. The molecular weight excluding hydrogens is 1000 g/mol. The Balaban J connectivity index is 0.726. The van der Waals surface area contributed by atoms with Gasteiger partial charge in [-0.1, -0.05) is 62.9 Å². The highest BCUT2D eigenvalue weighted by atomic mass is 32.2. The minimum absolute atomic E-state index is 0.00937. The van der Waals surface area contributed by atoms with Crippen molar-refractivity contribution in [2.75, 3.05) is 58.7 Å². The summed E-state index contributed by atoms with van der Waals surface area (Å²) in [4.78, 5) is 105. The highest BCUT2D eigenvalue weighted by molar-refractivity contribution is 8.00. The van der Waals surface area contributed by atoms with Crippen molar-refractivity contribution in [3.8, 4) is 5.75 Å². The summed E-state index contributed by atoms with van der Waals surface area (Å²) in [5.41, 5.74) is 2.10. The maximum atomic E-state index is 13.3. The molecule has 0 radical (unpaired) electrons. The molecule has 0 saturated carbocycles. The molecule has 8 amide bonds. The van der Waals surface area contributed by atoms with E-state index in [1.54, 1.807) is 25.6 Å². The van der Waals surface area contributed by atoms with Gasteiger partial charge in [0.25, 0.3) is 17.7 Å². The van der Waals surface area contributed by atoms with Crippen LogP contribution in [0.15, 0.2) is 42.5 Å². The zero-order valence-electron chi connectivity index (χ0n) is 43.6. The molecule has 75 heavy (non-hydrogen) atoms. The molecule has 23 heteroatoms. The Hall–Kier alpha value is -5.46. The summed E-state index contributed by atoms with van der Waals surface area (Å²) < 4.78 is 32.8. The van der Waals surface area contributed by atoms with Crippen LogP contribution < -0.4 is 42.0 Å². The number of carbonyl (C=O) groups excluding carboxylic acids is 8. The van der Waals surface area contributed by atoms with Crippen molar-refractivity contribution in [1.82, 2.24) is 51.3 Å². The molecule has 5 aliphatic heterocycles. The quantitative estimate of drug-likeness (QED) is 0.0586. The van der Waals surface area contributed by atoms with Crippen molar-refractivity contribution in [3.63, 3.8) is 0 Å². The summed E-state index contributed by atoms with van der Waals surface area (Å²) in [5, 5.41) is 20.3. The van der Waals surface area contributed by atoms with Crippen molar-refractivity contribution in [1.29, 1.82) is 0 Å². The molecule has 410 valence electrons. The first kappa shape index (κ1) is 57.2. The lowest BCUT2D eigenvalue weighted by Crippen LogP contribution is -2.54. The van der Waals surface area contributed by atoms with Gasteiger partial charge >= 0.3 is 0 Å². The first-order valence-electron chi connectivity index (χ1n) is 26.3. The average molecular weight is 1080 g/mol. The number of nitrogens with one attached hydrogen (secondary N) is 7. The van der Waals surface area contributed by atoms with Crippen LogP contribution in [0.4, 0.5) is 0 Å². The van der Waals surface area contributed by atoms with E-state index in [0.29, 0.717) is 19.0 Å². The Kier molecular flexibility index (Phi) is 19.9. The summed E-state index contributed by atoms with van der Waals surface area (Å²) in [5.74, 6) is -3.18. The second-order valence-corrected chi connectivity index (χ2v) is 24.2. The van der Waals surface area contributed by atoms with Crippen LogP contribution in [0.1, 0.15) is 136 Å². The number of ether oxygens (including phenoxy) is 1. The molecule has 4 fully saturated rings. The van der Waals surface area contributed by atoms with Crippen LogP contribution >= 0.6 is 11.8 Å². The summed E-state index contributed by atoms with van der Waals surface area (Å²) in [6, 6.07) is 11.7. The van der Waals surface area contributed by atoms with E-state index in [-0.39, 0.29) is 109 Å². The molecule has 2 aromatic rings. The normalized spacial score (nSPS) is 25.1. The Morgan fingerprint density at radius 3 is 2.28 bits per heavy atom. The highest BCUT2D eigenvalue weighted by Crippen LogP contribution is 2.36. The number of carbonyl (C=O) groups is 8. The number of hydrogen-bond acceptors (Lipinski definition) is 15. The third kappa shape index (κ3) is 14.3. The largest absolute Gasteiger partial charge is 0.483 e. The number of fused-ring (bicyclic) bond motifs is 1. The van der Waals surface area contributed by atoms with E-state index in [1.165, 1.54) is 28.1 Å². The lowest BCUT2D eigenvalue weighted by molar-refractivity contribution is -0.136. The van der Waals surface area contributed by atoms with Crippen LogP contribution in [0.2, 0.25) is 0 Å². The van der Waals surface area contributed by atoms with E-state index >= 15 is 0 Å². The van der Waals surface area contributed by atoms with Crippen LogP contribution in [0.5, 0.6) is 5.75 Å². The standard InChI is InChI=1S/C52H74N10O11S2/c1-31(2)75(71,72)61-27-38(32(3)33(61)4)48(67)56-26-44(64)59-52-57-39(30-74-52)36-15-12-14-34(24-36)35-20-23-53-42(25-35)60(5)28-45(65)54-21-10-8-6-7-9-11-22-55-46(66)29-73-41-17-13-16-37-47(41)51(70)62(50(37)69)40-18-19-43(63)58-49(40)68/h12-17,24,31-33,35,38-40,42,52-53,57H,6-11,18-23,25-30H2,1-5H3,(H,54,65)(H,55,66)(H,56,67)(H,59,64)(H,58,63,68). The van der Waals surface area contributed by atoms with E-state index in [9.17, 15) is 46.8 Å². The topological polar surface area (TPSA) is 274 Å². The smallest absolute Gasteiger partial charge is 0.266 e. The minimum atomic E-state index is -3.52. The van der Waals surface area contributed by atoms with Gasteiger partial charge in [-0.2, -0.15) is 4.31 Å². The fourth-order valence-electron chi connectivity index (χ4n) is 10.5. The Labute approximate surface area is 443 Å². The molecule has 7 rings (SSSR count). The monoisotopic (exact) mass is 1080 g/mol. The number of benzene rings is 2. The molecule has 8 unspecified atom stereocenters. The molecule has 0 aromatic heterocycles. The van der Waals surface area contributed by atoms with Gasteiger partial charge in [0, 0.05) is 43.9 Å². The predicted molar refractivity (Wildman–Crippen MR) is 281 cm³/mol. The second kappa shape index (κ2) is 26.1. The van der Waals surface area contributed by atoms with Crippen LogP contribution in [-0.4, -0.2) is 157 Å². The third-order valence-electron chi connectivity index (χ3n) is 15.1. The van der Waals surface area contributed by atoms with Gasteiger partial charge in [0.2, 0.25) is 39.6 Å². The van der Waals surface area contributed by atoms with Crippen molar-refractivity contribution >= 4 is 69.0 Å². The van der Waals surface area contributed by atoms with Gasteiger partial charge in [-0.3, -0.25) is 58.8 Å².